The molecule has 1 saturated carbocycles. The third-order valence-electron chi connectivity index (χ3n) is 4.38. The standard InChI is InChI=1S/C16H24N4O4S/c1-19-7-9-20(10-8-19)17-16(21)12-3-6-14(24-2)15(11-12)25(22,23)18-13-4-5-13/h3,6,11,13,18H,4-5,7-10H2,1-2H3,(H,17,21). The van der Waals surface area contributed by atoms with Crippen molar-refractivity contribution in [2.45, 2.75) is 23.8 Å². The van der Waals surface area contributed by atoms with E-state index in [4.69, 9.17) is 4.74 Å². The minimum Gasteiger partial charge on any atom is -0.495 e. The maximum Gasteiger partial charge on any atom is 0.265 e. The Bertz CT molecular complexity index is 741. The predicted molar refractivity (Wildman–Crippen MR) is 92.9 cm³/mol. The van der Waals surface area contributed by atoms with Gasteiger partial charge in [0, 0.05) is 37.8 Å². The van der Waals surface area contributed by atoms with Gasteiger partial charge in [-0.25, -0.2) is 18.1 Å². The summed E-state index contributed by atoms with van der Waals surface area (Å²) >= 11 is 0. The maximum atomic E-state index is 12.5. The lowest BCUT2D eigenvalue weighted by atomic mass is 10.2. The van der Waals surface area contributed by atoms with E-state index in [-0.39, 0.29) is 28.2 Å². The van der Waals surface area contributed by atoms with Gasteiger partial charge in [-0.3, -0.25) is 10.2 Å². The van der Waals surface area contributed by atoms with Crippen LogP contribution in [0, 0.1) is 0 Å². The van der Waals surface area contributed by atoms with Gasteiger partial charge in [-0.1, -0.05) is 0 Å². The van der Waals surface area contributed by atoms with Crippen LogP contribution in [0.25, 0.3) is 0 Å². The molecule has 138 valence electrons. The number of nitrogens with one attached hydrogen (secondary N) is 2. The molecule has 8 nitrogen and oxygen atoms in total. The Balaban J connectivity index is 1.77. The molecule has 0 radical (unpaired) electrons. The predicted octanol–water partition coefficient (Wildman–Crippen LogP) is 0.0281. The molecule has 9 heteroatoms. The van der Waals surface area contributed by atoms with E-state index in [9.17, 15) is 13.2 Å². The van der Waals surface area contributed by atoms with Crippen molar-refractivity contribution in [3.05, 3.63) is 23.8 Å². The molecule has 1 aliphatic carbocycles. The lowest BCUT2D eigenvalue weighted by molar-refractivity contribution is 0.0662. The van der Waals surface area contributed by atoms with Crippen LogP contribution in [0.2, 0.25) is 0 Å². The summed E-state index contributed by atoms with van der Waals surface area (Å²) < 4.78 is 32.8. The number of carbonyl (C=O) groups excluding carboxylic acids is 1. The number of benzene rings is 1. The monoisotopic (exact) mass is 368 g/mol. The summed E-state index contributed by atoms with van der Waals surface area (Å²) in [7, 11) is -0.265. The topological polar surface area (TPSA) is 91.0 Å². The van der Waals surface area contributed by atoms with Crippen LogP contribution in [-0.4, -0.2) is 70.6 Å². The molecule has 1 heterocycles. The molecule has 1 aromatic rings. The van der Waals surface area contributed by atoms with Crippen LogP contribution in [0.3, 0.4) is 0 Å². The summed E-state index contributed by atoms with van der Waals surface area (Å²) in [6, 6.07) is 4.44. The number of methoxy groups -OCH3 is 1. The lowest BCUT2D eigenvalue weighted by Gasteiger charge is -2.32. The number of hydrazine groups is 1. The Morgan fingerprint density at radius 3 is 2.48 bits per heavy atom. The highest BCUT2D eigenvalue weighted by Crippen LogP contribution is 2.28. The largest absolute Gasteiger partial charge is 0.495 e. The van der Waals surface area contributed by atoms with Gasteiger partial charge >= 0.3 is 0 Å². The fraction of sp³-hybridized carbons (Fsp3) is 0.562. The Morgan fingerprint density at radius 2 is 1.88 bits per heavy atom. The van der Waals surface area contributed by atoms with Crippen LogP contribution in [0.5, 0.6) is 5.75 Å². The van der Waals surface area contributed by atoms with E-state index >= 15 is 0 Å². The quantitative estimate of drug-likeness (QED) is 0.736. The molecular formula is C16H24N4O4S. The van der Waals surface area contributed by atoms with Crippen molar-refractivity contribution in [3.8, 4) is 5.75 Å². The van der Waals surface area contributed by atoms with Crippen LogP contribution >= 0.6 is 0 Å². The number of amides is 1. The first-order chi connectivity index (χ1) is 11.9. The molecule has 0 aromatic heterocycles. The third kappa shape index (κ3) is 4.49. The second-order valence-electron chi connectivity index (χ2n) is 6.49. The first-order valence-electron chi connectivity index (χ1n) is 8.34. The van der Waals surface area contributed by atoms with Crippen LogP contribution in [0.1, 0.15) is 23.2 Å². The third-order valence-corrected chi connectivity index (χ3v) is 5.92. The molecule has 25 heavy (non-hydrogen) atoms. The Hall–Kier alpha value is -1.68. The average Bonchev–Trinajstić information content (AvgIpc) is 3.39. The first kappa shape index (κ1) is 18.1. The first-order valence-corrected chi connectivity index (χ1v) is 9.82. The van der Waals surface area contributed by atoms with Gasteiger partial charge in [0.25, 0.3) is 5.91 Å². The molecule has 0 atom stereocenters. The average molecular weight is 368 g/mol. The van der Waals surface area contributed by atoms with E-state index in [0.29, 0.717) is 0 Å². The minimum absolute atomic E-state index is 0.00655. The lowest BCUT2D eigenvalue weighted by Crippen LogP contribution is -2.52. The Kier molecular flexibility index (Phi) is 5.28. The second kappa shape index (κ2) is 7.28. The summed E-state index contributed by atoms with van der Waals surface area (Å²) in [5.41, 5.74) is 3.12. The van der Waals surface area contributed by atoms with Crippen LogP contribution in [0.4, 0.5) is 0 Å². The van der Waals surface area contributed by atoms with Gasteiger partial charge in [0.05, 0.1) is 7.11 Å². The van der Waals surface area contributed by atoms with Gasteiger partial charge in [0.15, 0.2) is 0 Å². The minimum atomic E-state index is -3.71. The second-order valence-corrected chi connectivity index (χ2v) is 8.17. The molecule has 1 aliphatic heterocycles. The van der Waals surface area contributed by atoms with Crippen molar-refractivity contribution in [3.63, 3.8) is 0 Å². The molecule has 2 N–H and O–H groups in total. The highest BCUT2D eigenvalue weighted by Gasteiger charge is 2.30. The summed E-state index contributed by atoms with van der Waals surface area (Å²) in [4.78, 5) is 14.7. The Morgan fingerprint density at radius 1 is 1.20 bits per heavy atom. The molecule has 1 saturated heterocycles. The van der Waals surface area contributed by atoms with E-state index < -0.39 is 10.0 Å². The van der Waals surface area contributed by atoms with Gasteiger partial charge in [-0.05, 0) is 38.1 Å². The summed E-state index contributed by atoms with van der Waals surface area (Å²) in [5, 5.41) is 1.85. The molecule has 3 rings (SSSR count). The van der Waals surface area contributed by atoms with Crippen molar-refractivity contribution in [2.24, 2.45) is 0 Å². The SMILES string of the molecule is COc1ccc(C(=O)NN2CCN(C)CC2)cc1S(=O)(=O)NC1CC1. The van der Waals surface area contributed by atoms with Crippen LogP contribution < -0.4 is 14.9 Å². The number of nitrogens with zero attached hydrogens (tertiary/aromatic N) is 2. The van der Waals surface area contributed by atoms with Gasteiger partial charge in [0.1, 0.15) is 10.6 Å². The van der Waals surface area contributed by atoms with Gasteiger partial charge < -0.3 is 9.64 Å². The number of rotatable bonds is 6. The molecule has 0 unspecified atom stereocenters. The number of likely N-dealkylation sites (N-methyl/N-ethyl adjacent to an activating group) is 1. The molecule has 1 amide bonds. The zero-order chi connectivity index (χ0) is 18.0. The summed E-state index contributed by atoms with van der Waals surface area (Å²) in [6.45, 7) is 3.20. The fourth-order valence-corrected chi connectivity index (χ4v) is 4.14. The van der Waals surface area contributed by atoms with E-state index in [1.165, 1.54) is 19.2 Å². The molecule has 2 aliphatic rings. The molecule has 0 bridgehead atoms. The van der Waals surface area contributed by atoms with Crippen molar-refractivity contribution >= 4 is 15.9 Å². The van der Waals surface area contributed by atoms with E-state index in [1.54, 1.807) is 6.07 Å². The van der Waals surface area contributed by atoms with E-state index in [1.807, 2.05) is 12.1 Å². The van der Waals surface area contributed by atoms with Gasteiger partial charge in [-0.15, -0.1) is 0 Å². The van der Waals surface area contributed by atoms with E-state index in [2.05, 4.69) is 15.0 Å². The number of carbonyl (C=O) groups is 1. The maximum absolute atomic E-state index is 12.5. The normalized spacial score (nSPS) is 19.6. The summed E-state index contributed by atoms with van der Waals surface area (Å²) in [6.07, 6.45) is 1.68. The van der Waals surface area contributed by atoms with Crippen molar-refractivity contribution in [2.75, 3.05) is 40.3 Å². The van der Waals surface area contributed by atoms with Gasteiger partial charge in [-0.2, -0.15) is 0 Å². The fourth-order valence-electron chi connectivity index (χ4n) is 2.64. The van der Waals surface area contributed by atoms with Crippen molar-refractivity contribution in [1.82, 2.24) is 20.1 Å². The van der Waals surface area contributed by atoms with Crippen LogP contribution in [0.15, 0.2) is 23.1 Å². The molecule has 1 aromatic carbocycles. The molecular weight excluding hydrogens is 344 g/mol. The zero-order valence-electron chi connectivity index (χ0n) is 14.5. The highest BCUT2D eigenvalue weighted by molar-refractivity contribution is 7.89. The summed E-state index contributed by atoms with van der Waals surface area (Å²) in [5.74, 6) is -0.0978. The highest BCUT2D eigenvalue weighted by atomic mass is 32.2. The van der Waals surface area contributed by atoms with Crippen molar-refractivity contribution < 1.29 is 17.9 Å². The zero-order valence-corrected chi connectivity index (χ0v) is 15.3. The number of ether oxygens (including phenoxy) is 1. The number of sulfonamides is 1. The number of hydrogen-bond donors (Lipinski definition) is 2. The number of piperazine rings is 1. The van der Waals surface area contributed by atoms with E-state index in [0.717, 1.165) is 39.0 Å². The van der Waals surface area contributed by atoms with Crippen molar-refractivity contribution in [1.29, 1.82) is 0 Å². The molecule has 2 fully saturated rings. The smallest absolute Gasteiger partial charge is 0.265 e. The number of hydrogen-bond acceptors (Lipinski definition) is 6. The molecule has 0 spiro atoms. The Labute approximate surface area is 148 Å². The van der Waals surface area contributed by atoms with Crippen LogP contribution in [-0.2, 0) is 10.0 Å². The van der Waals surface area contributed by atoms with Gasteiger partial charge in [0.2, 0.25) is 10.0 Å².